The highest BCUT2D eigenvalue weighted by Gasteiger charge is 2.13. The first-order chi connectivity index (χ1) is 11.6. The van der Waals surface area contributed by atoms with Crippen molar-refractivity contribution in [3.05, 3.63) is 84.6 Å². The van der Waals surface area contributed by atoms with Crippen LogP contribution in [0.2, 0.25) is 0 Å². The summed E-state index contributed by atoms with van der Waals surface area (Å²) in [7, 11) is -3.61. The van der Waals surface area contributed by atoms with Crippen molar-refractivity contribution >= 4 is 21.5 Å². The Bertz CT molecular complexity index is 881. The number of pyridine rings is 1. The van der Waals surface area contributed by atoms with Crippen molar-refractivity contribution in [3.63, 3.8) is 0 Å². The molecule has 0 aliphatic carbocycles. The van der Waals surface area contributed by atoms with Gasteiger partial charge in [0.15, 0.2) is 0 Å². The smallest absolute Gasteiger partial charge is 0.263 e. The van der Waals surface area contributed by atoms with E-state index in [0.29, 0.717) is 6.54 Å². The fourth-order valence-electron chi connectivity index (χ4n) is 2.16. The third-order valence-corrected chi connectivity index (χ3v) is 4.77. The van der Waals surface area contributed by atoms with Gasteiger partial charge in [-0.15, -0.1) is 0 Å². The minimum absolute atomic E-state index is 0.207. The number of hydrogen-bond acceptors (Lipinski definition) is 4. The van der Waals surface area contributed by atoms with E-state index < -0.39 is 10.0 Å². The SMILES string of the molecule is O=S(=O)(Nc1ccc(NCc2ccccc2)cn1)c1ccccc1. The van der Waals surface area contributed by atoms with Crippen LogP contribution < -0.4 is 10.0 Å². The second-order valence-electron chi connectivity index (χ2n) is 5.19. The Hall–Kier alpha value is -2.86. The number of hydrogen-bond donors (Lipinski definition) is 2. The molecule has 3 rings (SSSR count). The summed E-state index contributed by atoms with van der Waals surface area (Å²) in [5.41, 5.74) is 1.98. The minimum Gasteiger partial charge on any atom is -0.380 e. The average Bonchev–Trinajstić information content (AvgIpc) is 2.62. The molecule has 0 saturated heterocycles. The van der Waals surface area contributed by atoms with E-state index in [-0.39, 0.29) is 10.7 Å². The van der Waals surface area contributed by atoms with Crippen LogP contribution in [0, 0.1) is 0 Å². The van der Waals surface area contributed by atoms with E-state index in [0.717, 1.165) is 11.3 Å². The van der Waals surface area contributed by atoms with Crippen LogP contribution in [0.25, 0.3) is 0 Å². The molecule has 0 atom stereocenters. The molecule has 0 fully saturated rings. The van der Waals surface area contributed by atoms with Crippen molar-refractivity contribution in [1.29, 1.82) is 0 Å². The zero-order chi connectivity index (χ0) is 16.8. The van der Waals surface area contributed by atoms with Crippen molar-refractivity contribution < 1.29 is 8.42 Å². The second kappa shape index (κ2) is 7.14. The molecule has 1 aromatic heterocycles. The van der Waals surface area contributed by atoms with Crippen LogP contribution >= 0.6 is 0 Å². The summed E-state index contributed by atoms with van der Waals surface area (Å²) in [4.78, 5) is 4.36. The number of nitrogens with zero attached hydrogens (tertiary/aromatic N) is 1. The molecule has 24 heavy (non-hydrogen) atoms. The van der Waals surface area contributed by atoms with Crippen LogP contribution in [0.4, 0.5) is 11.5 Å². The summed E-state index contributed by atoms with van der Waals surface area (Å²) < 4.78 is 26.9. The average molecular weight is 339 g/mol. The van der Waals surface area contributed by atoms with Gasteiger partial charge < -0.3 is 5.32 Å². The number of nitrogens with one attached hydrogen (secondary N) is 2. The van der Waals surface area contributed by atoms with Gasteiger partial charge in [-0.1, -0.05) is 48.5 Å². The molecule has 0 unspecified atom stereocenters. The molecule has 1 heterocycles. The molecule has 3 aromatic rings. The monoisotopic (exact) mass is 339 g/mol. The molecule has 2 aromatic carbocycles. The number of benzene rings is 2. The van der Waals surface area contributed by atoms with Crippen molar-refractivity contribution in [2.45, 2.75) is 11.4 Å². The molecule has 0 saturated carbocycles. The number of sulfonamides is 1. The number of rotatable bonds is 6. The van der Waals surface area contributed by atoms with Gasteiger partial charge in [0.1, 0.15) is 5.82 Å². The van der Waals surface area contributed by atoms with Gasteiger partial charge in [-0.2, -0.15) is 0 Å². The highest BCUT2D eigenvalue weighted by atomic mass is 32.2. The maximum absolute atomic E-state index is 12.2. The van der Waals surface area contributed by atoms with Crippen molar-refractivity contribution in [2.75, 3.05) is 10.0 Å². The Kier molecular flexibility index (Phi) is 4.77. The standard InChI is InChI=1S/C18H17N3O2S/c22-24(23,17-9-5-2-6-10-17)21-18-12-11-16(14-20-18)19-13-15-7-3-1-4-8-15/h1-12,14,19H,13H2,(H,20,21). The van der Waals surface area contributed by atoms with Crippen molar-refractivity contribution in [3.8, 4) is 0 Å². The zero-order valence-corrected chi connectivity index (χ0v) is 13.7. The normalized spacial score (nSPS) is 11.0. The summed E-state index contributed by atoms with van der Waals surface area (Å²) in [5.74, 6) is 0.282. The summed E-state index contributed by atoms with van der Waals surface area (Å²) in [5, 5.41) is 3.24. The van der Waals surface area contributed by atoms with Crippen LogP contribution in [0.1, 0.15) is 5.56 Å². The van der Waals surface area contributed by atoms with Crippen molar-refractivity contribution in [2.24, 2.45) is 0 Å². The molecule has 0 amide bonds. The van der Waals surface area contributed by atoms with Crippen LogP contribution in [-0.4, -0.2) is 13.4 Å². The van der Waals surface area contributed by atoms with Gasteiger partial charge in [0.2, 0.25) is 0 Å². The van der Waals surface area contributed by atoms with Gasteiger partial charge in [0.25, 0.3) is 10.0 Å². The first-order valence-corrected chi connectivity index (χ1v) is 8.93. The van der Waals surface area contributed by atoms with Gasteiger partial charge in [-0.05, 0) is 29.8 Å². The summed E-state index contributed by atoms with van der Waals surface area (Å²) in [6.07, 6.45) is 1.60. The van der Waals surface area contributed by atoms with E-state index in [1.807, 2.05) is 30.3 Å². The van der Waals surface area contributed by atoms with E-state index in [9.17, 15) is 8.42 Å². The van der Waals surface area contributed by atoms with Gasteiger partial charge in [0, 0.05) is 6.54 Å². The first kappa shape index (κ1) is 16.0. The lowest BCUT2D eigenvalue weighted by atomic mass is 10.2. The second-order valence-corrected chi connectivity index (χ2v) is 6.87. The topological polar surface area (TPSA) is 71.1 Å². The Morgan fingerprint density at radius 1 is 0.833 bits per heavy atom. The Morgan fingerprint density at radius 2 is 1.50 bits per heavy atom. The minimum atomic E-state index is -3.61. The molecular formula is C18H17N3O2S. The van der Waals surface area contributed by atoms with Crippen molar-refractivity contribution in [1.82, 2.24) is 4.98 Å². The highest BCUT2D eigenvalue weighted by Crippen LogP contribution is 2.16. The van der Waals surface area contributed by atoms with Crippen LogP contribution in [0.5, 0.6) is 0 Å². The molecular weight excluding hydrogens is 322 g/mol. The quantitative estimate of drug-likeness (QED) is 0.721. The molecule has 0 bridgehead atoms. The molecule has 2 N–H and O–H groups in total. The fraction of sp³-hybridized carbons (Fsp3) is 0.0556. The Balaban J connectivity index is 1.64. The molecule has 6 heteroatoms. The van der Waals surface area contributed by atoms with E-state index in [1.54, 1.807) is 36.5 Å². The predicted molar refractivity (Wildman–Crippen MR) is 95.3 cm³/mol. The van der Waals surface area contributed by atoms with Crippen LogP contribution in [0.15, 0.2) is 83.9 Å². The maximum Gasteiger partial charge on any atom is 0.263 e. The van der Waals surface area contributed by atoms with E-state index in [4.69, 9.17) is 0 Å². The molecule has 0 aliphatic rings. The first-order valence-electron chi connectivity index (χ1n) is 7.45. The molecule has 0 radical (unpaired) electrons. The molecule has 122 valence electrons. The molecule has 0 spiro atoms. The third-order valence-electron chi connectivity index (χ3n) is 3.40. The maximum atomic E-state index is 12.2. The molecule has 0 aliphatic heterocycles. The largest absolute Gasteiger partial charge is 0.380 e. The van der Waals surface area contributed by atoms with Gasteiger partial charge in [0.05, 0.1) is 16.8 Å². The van der Waals surface area contributed by atoms with E-state index in [1.165, 1.54) is 12.1 Å². The van der Waals surface area contributed by atoms with E-state index in [2.05, 4.69) is 15.0 Å². The highest BCUT2D eigenvalue weighted by molar-refractivity contribution is 7.92. The van der Waals surface area contributed by atoms with Gasteiger partial charge in [-0.25, -0.2) is 13.4 Å². The lowest BCUT2D eigenvalue weighted by Crippen LogP contribution is -2.13. The predicted octanol–water partition coefficient (Wildman–Crippen LogP) is 3.49. The lowest BCUT2D eigenvalue weighted by Gasteiger charge is -2.09. The number of anilines is 2. The van der Waals surface area contributed by atoms with Crippen LogP contribution in [0.3, 0.4) is 0 Å². The summed E-state index contributed by atoms with van der Waals surface area (Å²) in [6, 6.07) is 21.6. The summed E-state index contributed by atoms with van der Waals surface area (Å²) in [6.45, 7) is 0.678. The van der Waals surface area contributed by atoms with E-state index >= 15 is 0 Å². The number of aromatic nitrogens is 1. The van der Waals surface area contributed by atoms with Crippen LogP contribution in [-0.2, 0) is 16.6 Å². The summed E-state index contributed by atoms with van der Waals surface area (Å²) >= 11 is 0. The Morgan fingerprint density at radius 3 is 2.12 bits per heavy atom. The van der Waals surface area contributed by atoms with Gasteiger partial charge in [-0.3, -0.25) is 4.72 Å². The Labute approximate surface area is 141 Å². The third kappa shape index (κ3) is 4.11. The zero-order valence-electron chi connectivity index (χ0n) is 12.9. The lowest BCUT2D eigenvalue weighted by molar-refractivity contribution is 0.601. The van der Waals surface area contributed by atoms with Gasteiger partial charge >= 0.3 is 0 Å². The molecule has 5 nitrogen and oxygen atoms in total. The fourth-order valence-corrected chi connectivity index (χ4v) is 3.18.